The van der Waals surface area contributed by atoms with Crippen LogP contribution in [0.5, 0.6) is 11.5 Å². The Morgan fingerprint density at radius 3 is 2.62 bits per heavy atom. The fraction of sp³-hybridized carbons (Fsp3) is 0.348. The molecule has 9 heteroatoms. The van der Waals surface area contributed by atoms with E-state index in [-0.39, 0.29) is 17.4 Å². The lowest BCUT2D eigenvalue weighted by molar-refractivity contribution is -0.139. The summed E-state index contributed by atoms with van der Waals surface area (Å²) in [4.78, 5) is 42.5. The zero-order valence-electron chi connectivity index (χ0n) is 18.0. The van der Waals surface area contributed by atoms with Gasteiger partial charge in [-0.25, -0.2) is 9.97 Å². The van der Waals surface area contributed by atoms with Gasteiger partial charge in [-0.15, -0.1) is 0 Å². The van der Waals surface area contributed by atoms with Crippen LogP contribution >= 0.6 is 0 Å². The lowest BCUT2D eigenvalue weighted by Crippen LogP contribution is -2.44. The molecule has 166 valence electrons. The van der Waals surface area contributed by atoms with Gasteiger partial charge in [-0.1, -0.05) is 12.1 Å². The Hall–Kier alpha value is -3.75. The number of carbonyl (C=O) groups excluding carboxylic acids is 1. The van der Waals surface area contributed by atoms with E-state index in [0.29, 0.717) is 54.6 Å². The number of benzene rings is 1. The third-order valence-corrected chi connectivity index (χ3v) is 5.51. The molecule has 1 aromatic carbocycles. The first kappa shape index (κ1) is 21.5. The first-order valence-electron chi connectivity index (χ1n) is 10.5. The molecule has 0 spiro atoms. The molecule has 1 fully saturated rings. The van der Waals surface area contributed by atoms with Crippen LogP contribution in [-0.2, 0) is 4.79 Å². The summed E-state index contributed by atoms with van der Waals surface area (Å²) in [5.41, 5.74) is 0.995. The van der Waals surface area contributed by atoms with Crippen molar-refractivity contribution in [3.05, 3.63) is 65.0 Å². The number of amides is 1. The molecule has 0 aliphatic carbocycles. The maximum Gasteiger partial charge on any atom is 0.263 e. The molecule has 0 bridgehead atoms. The van der Waals surface area contributed by atoms with Crippen LogP contribution in [0.3, 0.4) is 0 Å². The number of nitrogens with zero attached hydrogens (tertiary/aromatic N) is 4. The van der Waals surface area contributed by atoms with E-state index in [1.165, 1.54) is 6.07 Å². The van der Waals surface area contributed by atoms with E-state index in [1.54, 1.807) is 49.7 Å². The number of ether oxygens (including phenoxy) is 2. The number of rotatable bonds is 6. The zero-order chi connectivity index (χ0) is 22.5. The molecule has 1 N–H and O–H groups in total. The highest BCUT2D eigenvalue weighted by Gasteiger charge is 2.29. The number of nitrogens with one attached hydrogen (secondary N) is 1. The van der Waals surface area contributed by atoms with Crippen molar-refractivity contribution in [1.82, 2.24) is 24.8 Å². The molecule has 1 aliphatic rings. The first-order chi connectivity index (χ1) is 15.5. The number of likely N-dealkylation sites (tertiary alicyclic amines) is 1. The smallest absolute Gasteiger partial charge is 0.263 e. The Kier molecular flexibility index (Phi) is 6.44. The van der Waals surface area contributed by atoms with E-state index in [9.17, 15) is 9.59 Å². The van der Waals surface area contributed by atoms with Crippen molar-refractivity contribution >= 4 is 5.91 Å². The summed E-state index contributed by atoms with van der Waals surface area (Å²) < 4.78 is 11.1. The summed E-state index contributed by atoms with van der Waals surface area (Å²) >= 11 is 0. The highest BCUT2D eigenvalue weighted by Crippen LogP contribution is 2.29. The minimum atomic E-state index is -0.635. The van der Waals surface area contributed by atoms with E-state index in [4.69, 9.17) is 9.47 Å². The summed E-state index contributed by atoms with van der Waals surface area (Å²) in [7, 11) is 1.57. The van der Waals surface area contributed by atoms with E-state index in [1.807, 2.05) is 12.1 Å². The number of aromatic nitrogens is 4. The maximum absolute atomic E-state index is 12.9. The predicted octanol–water partition coefficient (Wildman–Crippen LogP) is 2.41. The highest BCUT2D eigenvalue weighted by atomic mass is 16.5. The number of H-pyrrole nitrogens is 1. The van der Waals surface area contributed by atoms with Crippen LogP contribution < -0.4 is 15.0 Å². The monoisotopic (exact) mass is 435 g/mol. The van der Waals surface area contributed by atoms with Crippen LogP contribution in [-0.4, -0.2) is 57.0 Å². The zero-order valence-corrected chi connectivity index (χ0v) is 18.0. The van der Waals surface area contributed by atoms with Crippen LogP contribution in [0.2, 0.25) is 0 Å². The van der Waals surface area contributed by atoms with Crippen molar-refractivity contribution in [1.29, 1.82) is 0 Å². The summed E-state index contributed by atoms with van der Waals surface area (Å²) in [6, 6.07) is 8.78. The van der Waals surface area contributed by atoms with Crippen molar-refractivity contribution in [2.75, 3.05) is 20.2 Å². The maximum atomic E-state index is 12.9. The second-order valence-corrected chi connectivity index (χ2v) is 7.62. The molecule has 9 nitrogen and oxygen atoms in total. The molecule has 1 unspecified atom stereocenters. The largest absolute Gasteiger partial charge is 0.493 e. The number of carbonyl (C=O) groups is 1. The third kappa shape index (κ3) is 4.77. The first-order valence-corrected chi connectivity index (χ1v) is 10.5. The lowest BCUT2D eigenvalue weighted by atomic mass is 9.93. The number of methoxy groups -OCH3 is 1. The van der Waals surface area contributed by atoms with Gasteiger partial charge in [0.25, 0.3) is 11.5 Å². The van der Waals surface area contributed by atoms with Crippen molar-refractivity contribution in [2.45, 2.75) is 31.8 Å². The normalized spacial score (nSPS) is 15.2. The number of hydrogen-bond donors (Lipinski definition) is 1. The number of aromatic amines is 1. The summed E-state index contributed by atoms with van der Waals surface area (Å²) in [6.45, 7) is 2.88. The molecule has 3 heterocycles. The Bertz CT molecular complexity index is 1130. The van der Waals surface area contributed by atoms with Crippen molar-refractivity contribution < 1.29 is 14.3 Å². The second-order valence-electron chi connectivity index (χ2n) is 7.62. The third-order valence-electron chi connectivity index (χ3n) is 5.51. The number of para-hydroxylation sites is 2. The molecule has 1 saturated heterocycles. The molecule has 4 rings (SSSR count). The van der Waals surface area contributed by atoms with E-state index in [2.05, 4.69) is 19.9 Å². The molecule has 32 heavy (non-hydrogen) atoms. The van der Waals surface area contributed by atoms with Crippen LogP contribution in [0, 0.1) is 0 Å². The van der Waals surface area contributed by atoms with E-state index < -0.39 is 6.10 Å². The minimum Gasteiger partial charge on any atom is -0.493 e. The summed E-state index contributed by atoms with van der Waals surface area (Å²) in [5, 5.41) is 0. The fourth-order valence-electron chi connectivity index (χ4n) is 3.84. The van der Waals surface area contributed by atoms with Gasteiger partial charge in [-0.2, -0.15) is 0 Å². The molecule has 3 aromatic rings. The van der Waals surface area contributed by atoms with Gasteiger partial charge in [-0.3, -0.25) is 14.6 Å². The molecule has 0 saturated carbocycles. The quantitative estimate of drug-likeness (QED) is 0.633. The SMILES string of the molecule is COc1ccccc1OC(C)C(=O)N1CCC(c2cc(=O)[nH]c(-c3cnccn3)n2)CC1. The Morgan fingerprint density at radius 1 is 1.19 bits per heavy atom. The molecular formula is C23H25N5O4. The Morgan fingerprint density at radius 2 is 1.94 bits per heavy atom. The molecule has 0 radical (unpaired) electrons. The Balaban J connectivity index is 1.40. The molecule has 1 aliphatic heterocycles. The van der Waals surface area contributed by atoms with Crippen LogP contribution in [0.1, 0.15) is 31.4 Å². The van der Waals surface area contributed by atoms with Gasteiger partial charge in [0, 0.05) is 37.5 Å². The van der Waals surface area contributed by atoms with E-state index in [0.717, 1.165) is 0 Å². The average molecular weight is 435 g/mol. The molecular weight excluding hydrogens is 410 g/mol. The average Bonchev–Trinajstić information content (AvgIpc) is 2.84. The van der Waals surface area contributed by atoms with Gasteiger partial charge in [0.05, 0.1) is 19.0 Å². The van der Waals surface area contributed by atoms with Gasteiger partial charge in [0.2, 0.25) is 0 Å². The Labute approximate surface area is 185 Å². The van der Waals surface area contributed by atoms with Crippen molar-refractivity contribution in [3.63, 3.8) is 0 Å². The second kappa shape index (κ2) is 9.59. The van der Waals surface area contributed by atoms with Gasteiger partial charge >= 0.3 is 0 Å². The molecule has 2 aromatic heterocycles. The standard InChI is InChI=1S/C23H25N5O4/c1-15(32-20-6-4-3-5-19(20)31-2)23(30)28-11-7-16(8-12-28)17-13-21(29)27-22(26-17)18-14-24-9-10-25-18/h3-6,9-10,13-16H,7-8,11-12H2,1-2H3,(H,26,27,29). The predicted molar refractivity (Wildman–Crippen MR) is 118 cm³/mol. The van der Waals surface area contributed by atoms with Crippen LogP contribution in [0.25, 0.3) is 11.5 Å². The minimum absolute atomic E-state index is 0.0755. The fourth-order valence-corrected chi connectivity index (χ4v) is 3.84. The van der Waals surface area contributed by atoms with Gasteiger partial charge in [0.1, 0.15) is 5.69 Å². The molecule has 1 amide bonds. The summed E-state index contributed by atoms with van der Waals surface area (Å²) in [5.74, 6) is 1.54. The highest BCUT2D eigenvalue weighted by molar-refractivity contribution is 5.81. The van der Waals surface area contributed by atoms with Gasteiger partial charge in [-0.05, 0) is 31.9 Å². The van der Waals surface area contributed by atoms with E-state index >= 15 is 0 Å². The lowest BCUT2D eigenvalue weighted by Gasteiger charge is -2.33. The van der Waals surface area contributed by atoms with Gasteiger partial charge in [0.15, 0.2) is 23.4 Å². The van der Waals surface area contributed by atoms with Crippen LogP contribution in [0.4, 0.5) is 0 Å². The van der Waals surface area contributed by atoms with Crippen molar-refractivity contribution in [3.8, 4) is 23.0 Å². The van der Waals surface area contributed by atoms with Crippen molar-refractivity contribution in [2.24, 2.45) is 0 Å². The van der Waals surface area contributed by atoms with Gasteiger partial charge < -0.3 is 19.4 Å². The van der Waals surface area contributed by atoms with Crippen LogP contribution in [0.15, 0.2) is 53.7 Å². The summed E-state index contributed by atoms with van der Waals surface area (Å²) in [6.07, 6.45) is 5.47. The topological polar surface area (TPSA) is 110 Å². The number of hydrogen-bond acceptors (Lipinski definition) is 7. The number of piperidine rings is 1. The molecule has 1 atom stereocenters.